The first-order chi connectivity index (χ1) is 9.44. The third-order valence-corrected chi connectivity index (χ3v) is 6.52. The van der Waals surface area contributed by atoms with Crippen LogP contribution < -0.4 is 0 Å². The Bertz CT molecular complexity index is 448. The van der Waals surface area contributed by atoms with Crippen LogP contribution >= 0.6 is 0 Å². The largest absolute Gasteiger partial charge is 0.480 e. The van der Waals surface area contributed by atoms with Gasteiger partial charge in [-0.15, -0.1) is 0 Å². The number of carboxylic acids is 1. The highest BCUT2D eigenvalue weighted by atomic mass is 32.2. The molecule has 0 aromatic rings. The van der Waals surface area contributed by atoms with Crippen LogP contribution in [0.5, 0.6) is 0 Å². The van der Waals surface area contributed by atoms with Crippen molar-refractivity contribution >= 4 is 15.8 Å². The Kier molecular flexibility index (Phi) is 5.07. The molecular weight excluding hydrogens is 278 g/mol. The molecule has 0 radical (unpaired) electrons. The van der Waals surface area contributed by atoms with Crippen LogP contribution in [0.3, 0.4) is 0 Å². The van der Waals surface area contributed by atoms with Crippen molar-refractivity contribution in [1.82, 2.24) is 4.90 Å². The molecule has 5 nitrogen and oxygen atoms in total. The van der Waals surface area contributed by atoms with Crippen LogP contribution in [0.25, 0.3) is 0 Å². The van der Waals surface area contributed by atoms with E-state index in [4.69, 9.17) is 0 Å². The van der Waals surface area contributed by atoms with Crippen molar-refractivity contribution in [3.63, 3.8) is 0 Å². The summed E-state index contributed by atoms with van der Waals surface area (Å²) in [6.45, 7) is 2.23. The summed E-state index contributed by atoms with van der Waals surface area (Å²) < 4.78 is 23.7. The summed E-state index contributed by atoms with van der Waals surface area (Å²) >= 11 is 0. The molecule has 2 rings (SSSR count). The number of nitrogens with zero attached hydrogens (tertiary/aromatic N) is 1. The smallest absolute Gasteiger partial charge is 0.320 e. The first-order valence-electron chi connectivity index (χ1n) is 7.63. The monoisotopic (exact) mass is 303 g/mol. The minimum Gasteiger partial charge on any atom is -0.480 e. The maximum atomic E-state index is 11.8. The van der Waals surface area contributed by atoms with Crippen LogP contribution in [-0.2, 0) is 14.6 Å². The summed E-state index contributed by atoms with van der Waals surface area (Å²) in [5.74, 6) is -0.0634. The molecular formula is C14H25NO4S. The zero-order valence-corrected chi connectivity index (χ0v) is 12.9. The molecule has 116 valence electrons. The van der Waals surface area contributed by atoms with E-state index in [2.05, 4.69) is 0 Å². The van der Waals surface area contributed by atoms with Gasteiger partial charge in [-0.2, -0.15) is 0 Å². The van der Waals surface area contributed by atoms with Crippen molar-refractivity contribution < 1.29 is 18.3 Å². The lowest BCUT2D eigenvalue weighted by Crippen LogP contribution is -2.44. The Morgan fingerprint density at radius 1 is 1.25 bits per heavy atom. The van der Waals surface area contributed by atoms with Gasteiger partial charge >= 0.3 is 5.97 Å². The van der Waals surface area contributed by atoms with Crippen LogP contribution in [0.2, 0.25) is 0 Å². The maximum absolute atomic E-state index is 11.8. The quantitative estimate of drug-likeness (QED) is 0.805. The number of rotatable bonds is 6. The Hall–Kier alpha value is -0.620. The van der Waals surface area contributed by atoms with Crippen LogP contribution in [0, 0.1) is 5.92 Å². The molecule has 2 fully saturated rings. The lowest BCUT2D eigenvalue weighted by Gasteiger charge is -2.32. The number of hydrogen-bond acceptors (Lipinski definition) is 4. The average Bonchev–Trinajstić information content (AvgIpc) is 2.75. The molecule has 2 aliphatic rings. The summed E-state index contributed by atoms with van der Waals surface area (Å²) in [4.78, 5) is 13.4. The van der Waals surface area contributed by atoms with Crippen molar-refractivity contribution in [3.8, 4) is 0 Å². The Balaban J connectivity index is 2.04. The number of sulfone groups is 1. The van der Waals surface area contributed by atoms with Crippen LogP contribution in [-0.4, -0.2) is 54.5 Å². The van der Waals surface area contributed by atoms with Gasteiger partial charge in [0.25, 0.3) is 0 Å². The van der Waals surface area contributed by atoms with Gasteiger partial charge < -0.3 is 5.11 Å². The predicted molar refractivity (Wildman–Crippen MR) is 77.4 cm³/mol. The highest BCUT2D eigenvalue weighted by Crippen LogP contribution is 2.39. The second kappa shape index (κ2) is 6.43. The molecule has 0 spiro atoms. The summed E-state index contributed by atoms with van der Waals surface area (Å²) in [5.41, 5.74) is 0. The fourth-order valence-electron chi connectivity index (χ4n) is 3.77. The second-order valence-corrected chi connectivity index (χ2v) is 8.39. The minimum atomic E-state index is -3.04. The van der Waals surface area contributed by atoms with Crippen LogP contribution in [0.15, 0.2) is 0 Å². The van der Waals surface area contributed by atoms with Gasteiger partial charge in [-0.1, -0.05) is 19.8 Å². The van der Waals surface area contributed by atoms with Gasteiger partial charge in [-0.3, -0.25) is 9.69 Å². The molecule has 0 bridgehead atoms. The van der Waals surface area contributed by atoms with Gasteiger partial charge in [0.15, 0.2) is 9.84 Å². The number of hydrogen-bond donors (Lipinski definition) is 1. The molecule has 1 heterocycles. The summed E-state index contributed by atoms with van der Waals surface area (Å²) in [6, 6.07) is -0.207. The van der Waals surface area contributed by atoms with Gasteiger partial charge in [0.1, 0.15) is 6.04 Å². The zero-order chi connectivity index (χ0) is 14.8. The molecule has 1 N–H and O–H groups in total. The Morgan fingerprint density at radius 3 is 2.60 bits per heavy atom. The number of fused-ring (bicyclic) bond motifs is 1. The van der Waals surface area contributed by atoms with E-state index >= 15 is 0 Å². The molecule has 0 aromatic heterocycles. The van der Waals surface area contributed by atoms with Gasteiger partial charge in [0, 0.05) is 18.3 Å². The van der Waals surface area contributed by atoms with Crippen molar-refractivity contribution in [2.75, 3.05) is 18.1 Å². The minimum absolute atomic E-state index is 0.0911. The van der Waals surface area contributed by atoms with Crippen LogP contribution in [0.1, 0.15) is 45.4 Å². The molecule has 1 aliphatic carbocycles. The summed E-state index contributed by atoms with van der Waals surface area (Å²) in [6.07, 6.45) is 5.72. The molecule has 1 saturated heterocycles. The molecule has 0 aromatic carbocycles. The van der Waals surface area contributed by atoms with Crippen LogP contribution in [0.4, 0.5) is 0 Å². The van der Waals surface area contributed by atoms with E-state index in [1.165, 1.54) is 6.42 Å². The second-order valence-electron chi connectivity index (χ2n) is 6.09. The van der Waals surface area contributed by atoms with Gasteiger partial charge in [-0.05, 0) is 31.6 Å². The van der Waals surface area contributed by atoms with Crippen molar-refractivity contribution in [3.05, 3.63) is 0 Å². The fraction of sp³-hybridized carbons (Fsp3) is 0.929. The highest BCUT2D eigenvalue weighted by Gasteiger charge is 2.45. The van der Waals surface area contributed by atoms with E-state index in [1.807, 2.05) is 11.8 Å². The molecule has 1 aliphatic heterocycles. The maximum Gasteiger partial charge on any atom is 0.320 e. The van der Waals surface area contributed by atoms with E-state index in [-0.39, 0.29) is 17.5 Å². The molecule has 3 unspecified atom stereocenters. The average molecular weight is 303 g/mol. The molecule has 20 heavy (non-hydrogen) atoms. The zero-order valence-electron chi connectivity index (χ0n) is 12.1. The normalized spacial score (nSPS) is 31.1. The van der Waals surface area contributed by atoms with E-state index < -0.39 is 21.8 Å². The van der Waals surface area contributed by atoms with Gasteiger partial charge in [-0.25, -0.2) is 8.42 Å². The highest BCUT2D eigenvalue weighted by molar-refractivity contribution is 7.91. The lowest BCUT2D eigenvalue weighted by molar-refractivity contribution is -0.142. The van der Waals surface area contributed by atoms with E-state index in [1.54, 1.807) is 0 Å². The van der Waals surface area contributed by atoms with Gasteiger partial charge in [0.05, 0.1) is 5.75 Å². The third-order valence-electron chi connectivity index (χ3n) is 4.68. The first-order valence-corrected chi connectivity index (χ1v) is 9.45. The molecule has 3 atom stereocenters. The molecule has 0 amide bonds. The standard InChI is InChI=1S/C14H25NO4S/c1-2-8-20(18,19)9-7-15-12-6-4-3-5-11(12)10-13(15)14(16)17/h11-13H,2-10H2,1H3,(H,16,17). The third kappa shape index (κ3) is 3.52. The SMILES string of the molecule is CCCS(=O)(=O)CCN1C(C(=O)O)CC2CCCCC21. The van der Waals surface area contributed by atoms with E-state index in [9.17, 15) is 18.3 Å². The number of likely N-dealkylation sites (tertiary alicyclic amines) is 1. The van der Waals surface area contributed by atoms with E-state index in [0.717, 1.165) is 19.3 Å². The lowest BCUT2D eigenvalue weighted by atomic mass is 9.85. The number of aliphatic carboxylic acids is 1. The van der Waals surface area contributed by atoms with Crippen molar-refractivity contribution in [2.45, 2.75) is 57.5 Å². The summed E-state index contributed by atoms with van der Waals surface area (Å²) in [5, 5.41) is 9.37. The van der Waals surface area contributed by atoms with Crippen molar-refractivity contribution in [1.29, 1.82) is 0 Å². The number of carboxylic acid groups (broad SMARTS) is 1. The predicted octanol–water partition coefficient (Wildman–Crippen LogP) is 1.53. The summed E-state index contributed by atoms with van der Waals surface area (Å²) in [7, 11) is -3.04. The Morgan fingerprint density at radius 2 is 1.95 bits per heavy atom. The van der Waals surface area contributed by atoms with Gasteiger partial charge in [0.2, 0.25) is 0 Å². The Labute approximate surface area is 121 Å². The fourth-order valence-corrected chi connectivity index (χ4v) is 5.09. The first kappa shape index (κ1) is 15.8. The molecule has 6 heteroatoms. The number of carbonyl (C=O) groups is 1. The topological polar surface area (TPSA) is 74.7 Å². The van der Waals surface area contributed by atoms with E-state index in [0.29, 0.717) is 25.3 Å². The van der Waals surface area contributed by atoms with Crippen molar-refractivity contribution in [2.24, 2.45) is 5.92 Å². The molecule has 1 saturated carbocycles.